The van der Waals surface area contributed by atoms with Crippen LogP contribution in [0, 0.1) is 0 Å². The van der Waals surface area contributed by atoms with Crippen molar-refractivity contribution in [3.63, 3.8) is 0 Å². The monoisotopic (exact) mass is 277 g/mol. The van der Waals surface area contributed by atoms with E-state index >= 15 is 0 Å². The maximum atomic E-state index is 11.8. The zero-order chi connectivity index (χ0) is 14.2. The van der Waals surface area contributed by atoms with E-state index in [-0.39, 0.29) is 12.1 Å². The quantitative estimate of drug-likeness (QED) is 0.877. The van der Waals surface area contributed by atoms with Crippen molar-refractivity contribution in [2.24, 2.45) is 0 Å². The van der Waals surface area contributed by atoms with E-state index in [1.165, 1.54) is 0 Å². The Balaban J connectivity index is 1.49. The molecule has 1 aromatic rings. The van der Waals surface area contributed by atoms with Crippen molar-refractivity contribution >= 4 is 6.09 Å². The average molecular weight is 277 g/mol. The summed E-state index contributed by atoms with van der Waals surface area (Å²) < 4.78 is 10.8. The summed E-state index contributed by atoms with van der Waals surface area (Å²) >= 11 is 0. The first-order chi connectivity index (χ1) is 9.54. The Morgan fingerprint density at radius 1 is 1.45 bits per heavy atom. The summed E-state index contributed by atoms with van der Waals surface area (Å²) in [5.41, 5.74) is 0.132. The fourth-order valence-corrected chi connectivity index (χ4v) is 3.10. The minimum atomic E-state index is -0.514. The van der Waals surface area contributed by atoms with E-state index < -0.39 is 17.8 Å². The van der Waals surface area contributed by atoms with Crippen molar-refractivity contribution in [3.05, 3.63) is 35.9 Å². The topological polar surface area (TPSA) is 67.8 Å². The molecule has 1 aliphatic carbocycles. The van der Waals surface area contributed by atoms with Crippen molar-refractivity contribution in [2.45, 2.75) is 43.6 Å². The molecule has 2 heterocycles. The predicted octanol–water partition coefficient (Wildman–Crippen LogP) is 1.60. The molecule has 4 rings (SSSR count). The number of carbonyl (C=O) groups excluding carboxylic acids is 1. The van der Waals surface area contributed by atoms with Crippen molar-refractivity contribution in [3.8, 4) is 0 Å². The fraction of sp³-hybridized carbons (Fsp3) is 0.533. The van der Waals surface area contributed by atoms with Crippen LogP contribution in [-0.4, -0.2) is 35.1 Å². The average Bonchev–Trinajstić information content (AvgIpc) is 2.94. The van der Waals surface area contributed by atoms with Gasteiger partial charge in [-0.15, -0.1) is 0 Å². The zero-order valence-corrected chi connectivity index (χ0v) is 11.5. The van der Waals surface area contributed by atoms with Gasteiger partial charge >= 0.3 is 6.09 Å². The number of amides is 1. The fourth-order valence-electron chi connectivity index (χ4n) is 3.10. The number of benzene rings is 1. The van der Waals surface area contributed by atoms with Crippen molar-refractivity contribution in [1.82, 2.24) is 5.32 Å². The molecule has 1 atom stereocenters. The van der Waals surface area contributed by atoms with E-state index in [1.807, 2.05) is 30.3 Å². The van der Waals surface area contributed by atoms with Crippen LogP contribution in [0.2, 0.25) is 0 Å². The van der Waals surface area contributed by atoms with Crippen molar-refractivity contribution in [2.75, 3.05) is 6.61 Å². The number of aliphatic hydroxyl groups excluding tert-OH is 1. The molecule has 1 aromatic carbocycles. The van der Waals surface area contributed by atoms with E-state index in [9.17, 15) is 9.90 Å². The van der Waals surface area contributed by atoms with Gasteiger partial charge in [-0.25, -0.2) is 4.79 Å². The molecule has 3 aliphatic rings. The molecule has 2 bridgehead atoms. The summed E-state index contributed by atoms with van der Waals surface area (Å²) in [4.78, 5) is 11.8. The molecule has 3 fully saturated rings. The van der Waals surface area contributed by atoms with E-state index in [0.29, 0.717) is 19.4 Å². The van der Waals surface area contributed by atoms with Gasteiger partial charge in [0.1, 0.15) is 6.61 Å². The second kappa shape index (κ2) is 4.75. The van der Waals surface area contributed by atoms with Crippen LogP contribution < -0.4 is 5.32 Å². The number of rotatable bonds is 4. The van der Waals surface area contributed by atoms with Crippen LogP contribution in [0.3, 0.4) is 0 Å². The van der Waals surface area contributed by atoms with Crippen LogP contribution >= 0.6 is 0 Å². The van der Waals surface area contributed by atoms with E-state index in [0.717, 1.165) is 5.56 Å². The molecule has 0 aromatic heterocycles. The summed E-state index contributed by atoms with van der Waals surface area (Å²) in [5, 5.41) is 12.6. The molecular weight excluding hydrogens is 258 g/mol. The van der Waals surface area contributed by atoms with Gasteiger partial charge in [0.05, 0.1) is 23.9 Å². The molecule has 5 nitrogen and oxygen atoms in total. The summed E-state index contributed by atoms with van der Waals surface area (Å²) in [5.74, 6) is 0. The summed E-state index contributed by atoms with van der Waals surface area (Å²) in [6, 6.07) is 9.55. The highest BCUT2D eigenvalue weighted by molar-refractivity contribution is 5.69. The number of fused-ring (bicyclic) bond motifs is 1. The Bertz CT molecular complexity index is 494. The molecule has 1 saturated carbocycles. The molecule has 2 aliphatic heterocycles. The van der Waals surface area contributed by atoms with Crippen LogP contribution in [0.1, 0.15) is 25.3 Å². The van der Waals surface area contributed by atoms with Crippen LogP contribution in [-0.2, 0) is 16.1 Å². The van der Waals surface area contributed by atoms with Gasteiger partial charge in [-0.1, -0.05) is 30.3 Å². The van der Waals surface area contributed by atoms with Crippen LogP contribution in [0.25, 0.3) is 0 Å². The second-order valence-corrected chi connectivity index (χ2v) is 5.85. The molecule has 0 spiro atoms. The van der Waals surface area contributed by atoms with Gasteiger partial charge in [0.2, 0.25) is 0 Å². The Morgan fingerprint density at radius 3 is 2.75 bits per heavy atom. The normalized spacial score (nSPS) is 32.3. The zero-order valence-electron chi connectivity index (χ0n) is 11.5. The largest absolute Gasteiger partial charge is 0.445 e. The Hall–Kier alpha value is -1.59. The highest BCUT2D eigenvalue weighted by Gasteiger charge is 2.65. The van der Waals surface area contributed by atoms with Crippen molar-refractivity contribution < 1.29 is 19.4 Å². The maximum Gasteiger partial charge on any atom is 0.407 e. The number of carbonyl (C=O) groups is 1. The van der Waals surface area contributed by atoms with Gasteiger partial charge in [0.25, 0.3) is 0 Å². The lowest BCUT2D eigenvalue weighted by molar-refractivity contribution is -0.0953. The summed E-state index contributed by atoms with van der Waals surface area (Å²) in [6.45, 7) is 2.42. The lowest BCUT2D eigenvalue weighted by atomic mass is 9.66. The van der Waals surface area contributed by atoms with Crippen LogP contribution in [0.15, 0.2) is 30.3 Å². The number of hydrogen-bond donors (Lipinski definition) is 2. The molecule has 1 amide bonds. The number of aliphatic hydroxyl groups is 1. The van der Waals surface area contributed by atoms with Gasteiger partial charge in [0.15, 0.2) is 0 Å². The number of nitrogens with one attached hydrogen (secondary N) is 1. The van der Waals surface area contributed by atoms with E-state index in [2.05, 4.69) is 5.32 Å². The second-order valence-electron chi connectivity index (χ2n) is 5.85. The molecule has 2 N–H and O–H groups in total. The molecule has 1 unspecified atom stereocenters. The van der Waals surface area contributed by atoms with Gasteiger partial charge in [0, 0.05) is 12.8 Å². The minimum Gasteiger partial charge on any atom is -0.445 e. The first kappa shape index (κ1) is 13.4. The maximum absolute atomic E-state index is 11.8. The highest BCUT2D eigenvalue weighted by atomic mass is 16.6. The first-order valence-corrected chi connectivity index (χ1v) is 6.85. The predicted molar refractivity (Wildman–Crippen MR) is 72.1 cm³/mol. The van der Waals surface area contributed by atoms with Gasteiger partial charge in [-0.2, -0.15) is 0 Å². The Labute approximate surface area is 117 Å². The first-order valence-electron chi connectivity index (χ1n) is 6.85. The van der Waals surface area contributed by atoms with E-state index in [4.69, 9.17) is 9.47 Å². The molecule has 108 valence electrons. The lowest BCUT2D eigenvalue weighted by Crippen LogP contribution is -2.62. The molecule has 2 saturated heterocycles. The smallest absolute Gasteiger partial charge is 0.407 e. The van der Waals surface area contributed by atoms with Crippen molar-refractivity contribution in [1.29, 1.82) is 0 Å². The third-order valence-corrected chi connectivity index (χ3v) is 4.25. The number of alkyl carbamates (subject to hydrolysis) is 1. The third kappa shape index (κ3) is 2.27. The number of ether oxygens (including phenoxy) is 2. The van der Waals surface area contributed by atoms with Crippen LogP contribution in [0.4, 0.5) is 4.79 Å². The lowest BCUT2D eigenvalue weighted by Gasteiger charge is -2.46. The minimum absolute atomic E-state index is 0.255. The third-order valence-electron chi connectivity index (χ3n) is 4.25. The van der Waals surface area contributed by atoms with Gasteiger partial charge < -0.3 is 19.9 Å². The van der Waals surface area contributed by atoms with Crippen LogP contribution in [0.5, 0.6) is 0 Å². The molecule has 20 heavy (non-hydrogen) atoms. The SMILES string of the molecule is CC(O)C12CC(NC(=O)OCc3ccccc3)(CO1)C2. The Morgan fingerprint density at radius 2 is 2.15 bits per heavy atom. The van der Waals surface area contributed by atoms with Gasteiger partial charge in [-0.05, 0) is 12.5 Å². The van der Waals surface area contributed by atoms with E-state index in [1.54, 1.807) is 6.92 Å². The standard InChI is InChI=1S/C15H19NO4/c1-11(17)15-8-14(9-15,10-20-15)16-13(18)19-7-12-5-3-2-4-6-12/h2-6,11,17H,7-10H2,1H3,(H,16,18). The summed E-state index contributed by atoms with van der Waals surface area (Å²) in [6.07, 6.45) is 0.356. The summed E-state index contributed by atoms with van der Waals surface area (Å²) in [7, 11) is 0. The Kier molecular flexibility index (Phi) is 3.18. The molecular formula is C15H19NO4. The van der Waals surface area contributed by atoms with Gasteiger partial charge in [-0.3, -0.25) is 0 Å². The number of hydrogen-bond acceptors (Lipinski definition) is 4. The molecule has 0 radical (unpaired) electrons. The highest BCUT2D eigenvalue weighted by Crippen LogP contribution is 2.53. The molecule has 5 heteroatoms.